The van der Waals surface area contributed by atoms with Crippen LogP contribution in [0, 0.1) is 18.3 Å². The van der Waals surface area contributed by atoms with Gasteiger partial charge in [0.25, 0.3) is 0 Å². The van der Waals surface area contributed by atoms with Crippen molar-refractivity contribution in [1.82, 2.24) is 9.97 Å². The molecule has 0 spiro atoms. The zero-order valence-electron chi connectivity index (χ0n) is 15.5. The van der Waals surface area contributed by atoms with Crippen molar-refractivity contribution >= 4 is 24.2 Å². The monoisotopic (exact) mass is 393 g/mol. The number of amidine groups is 1. The zero-order chi connectivity index (χ0) is 17.6. The molecule has 1 aromatic carbocycles. The molecule has 3 rings (SSSR count). The minimum Gasteiger partial charge on any atom is -0.439 e. The molecule has 0 atom stereocenters. The maximum Gasteiger partial charge on any atom is 0.226 e. The summed E-state index contributed by atoms with van der Waals surface area (Å²) in [4.78, 5) is 8.91. The fourth-order valence-electron chi connectivity index (χ4n) is 3.12. The maximum atomic E-state index is 7.42. The largest absolute Gasteiger partial charge is 0.439 e. The number of benzene rings is 1. The Morgan fingerprint density at radius 1 is 1.19 bits per heavy atom. The lowest BCUT2D eigenvalue weighted by Crippen LogP contribution is -2.18. The molecular formula is C19H28ClN5O2. The molecule has 1 aliphatic rings. The summed E-state index contributed by atoms with van der Waals surface area (Å²) >= 11 is 0. The molecule has 1 heterocycles. The van der Waals surface area contributed by atoms with Gasteiger partial charge in [0.15, 0.2) is 0 Å². The number of nitrogen functional groups attached to an aromatic ring is 1. The van der Waals surface area contributed by atoms with Crippen molar-refractivity contribution in [3.63, 3.8) is 0 Å². The number of aryl methyl sites for hydroxylation is 1. The molecule has 1 saturated carbocycles. The minimum absolute atomic E-state index is 0. The summed E-state index contributed by atoms with van der Waals surface area (Å²) in [7, 11) is 0. The van der Waals surface area contributed by atoms with Gasteiger partial charge >= 0.3 is 0 Å². The van der Waals surface area contributed by atoms with Crippen LogP contribution in [-0.2, 0) is 0 Å². The van der Waals surface area contributed by atoms with Crippen LogP contribution >= 0.6 is 12.4 Å². The predicted molar refractivity (Wildman–Crippen MR) is 110 cm³/mol. The third kappa shape index (κ3) is 6.69. The summed E-state index contributed by atoms with van der Waals surface area (Å²) in [5.41, 5.74) is 6.99. The fraction of sp³-hybridized carbons (Fsp3) is 0.421. The molecule has 1 aliphatic carbocycles. The van der Waals surface area contributed by atoms with Crippen LogP contribution in [0.4, 0.5) is 5.95 Å². The van der Waals surface area contributed by atoms with Crippen molar-refractivity contribution in [2.75, 3.05) is 11.9 Å². The first-order chi connectivity index (χ1) is 12.1. The van der Waals surface area contributed by atoms with E-state index in [9.17, 15) is 0 Å². The van der Waals surface area contributed by atoms with Gasteiger partial charge in [0.2, 0.25) is 11.8 Å². The molecule has 148 valence electrons. The van der Waals surface area contributed by atoms with Crippen LogP contribution in [0.15, 0.2) is 30.3 Å². The Balaban J connectivity index is 0.00000182. The molecule has 6 N–H and O–H groups in total. The van der Waals surface area contributed by atoms with E-state index in [2.05, 4.69) is 15.3 Å². The third-order valence-electron chi connectivity index (χ3n) is 4.49. The Bertz CT molecular complexity index is 733. The van der Waals surface area contributed by atoms with E-state index in [1.54, 1.807) is 24.3 Å². The lowest BCUT2D eigenvalue weighted by Gasteiger charge is -2.21. The SMILES string of the molecule is Cc1cc(Oc2ccc(C(=N)N)cc2)nc(NCC2CCCCC2)n1.Cl.O. The van der Waals surface area contributed by atoms with Gasteiger partial charge in [0, 0.05) is 23.9 Å². The van der Waals surface area contributed by atoms with Gasteiger partial charge in [0.1, 0.15) is 11.6 Å². The summed E-state index contributed by atoms with van der Waals surface area (Å²) in [5.74, 6) is 2.52. The average molecular weight is 394 g/mol. The highest BCUT2D eigenvalue weighted by Gasteiger charge is 2.14. The van der Waals surface area contributed by atoms with Gasteiger partial charge in [-0.1, -0.05) is 19.3 Å². The second kappa shape index (κ2) is 10.7. The highest BCUT2D eigenvalue weighted by atomic mass is 35.5. The third-order valence-corrected chi connectivity index (χ3v) is 4.49. The number of hydrogen-bond acceptors (Lipinski definition) is 5. The van der Waals surface area contributed by atoms with E-state index in [1.807, 2.05) is 13.0 Å². The van der Waals surface area contributed by atoms with Crippen LogP contribution in [0.5, 0.6) is 11.6 Å². The smallest absolute Gasteiger partial charge is 0.226 e. The molecule has 0 bridgehead atoms. The maximum absolute atomic E-state index is 7.42. The quantitative estimate of drug-likeness (QED) is 0.511. The molecule has 8 heteroatoms. The van der Waals surface area contributed by atoms with E-state index in [1.165, 1.54) is 32.1 Å². The second-order valence-corrected chi connectivity index (χ2v) is 6.60. The lowest BCUT2D eigenvalue weighted by atomic mass is 9.89. The highest BCUT2D eigenvalue weighted by Crippen LogP contribution is 2.25. The van der Waals surface area contributed by atoms with Gasteiger partial charge in [-0.2, -0.15) is 4.98 Å². The molecule has 0 aliphatic heterocycles. The molecule has 0 radical (unpaired) electrons. The van der Waals surface area contributed by atoms with E-state index in [0.29, 0.717) is 29.1 Å². The minimum atomic E-state index is 0. The fourth-order valence-corrected chi connectivity index (χ4v) is 3.12. The van der Waals surface area contributed by atoms with Crippen LogP contribution in [0.25, 0.3) is 0 Å². The van der Waals surface area contributed by atoms with Gasteiger partial charge in [-0.25, -0.2) is 4.98 Å². The first-order valence-electron chi connectivity index (χ1n) is 8.82. The zero-order valence-corrected chi connectivity index (χ0v) is 16.3. The first kappa shape index (κ1) is 22.7. The first-order valence-corrected chi connectivity index (χ1v) is 8.82. The summed E-state index contributed by atoms with van der Waals surface area (Å²) in [5, 5.41) is 10.8. The predicted octanol–water partition coefficient (Wildman–Crippen LogP) is 3.45. The molecule has 0 saturated heterocycles. The van der Waals surface area contributed by atoms with Crippen molar-refractivity contribution in [3.8, 4) is 11.6 Å². The lowest BCUT2D eigenvalue weighted by molar-refractivity contribution is 0.372. The van der Waals surface area contributed by atoms with Crippen molar-refractivity contribution < 1.29 is 10.2 Å². The van der Waals surface area contributed by atoms with Crippen LogP contribution in [-0.4, -0.2) is 27.8 Å². The van der Waals surface area contributed by atoms with Crippen molar-refractivity contribution in [2.24, 2.45) is 11.7 Å². The number of ether oxygens (including phenoxy) is 1. The van der Waals surface area contributed by atoms with Gasteiger partial charge in [-0.15, -0.1) is 12.4 Å². The Kier molecular flexibility index (Phi) is 8.97. The van der Waals surface area contributed by atoms with Crippen molar-refractivity contribution in [1.29, 1.82) is 5.41 Å². The Labute approximate surface area is 166 Å². The normalized spacial score (nSPS) is 13.8. The topological polar surface area (TPSA) is 128 Å². The van der Waals surface area contributed by atoms with Crippen molar-refractivity contribution in [2.45, 2.75) is 39.0 Å². The van der Waals surface area contributed by atoms with Crippen LogP contribution in [0.3, 0.4) is 0 Å². The van der Waals surface area contributed by atoms with Gasteiger partial charge in [-0.05, 0) is 49.9 Å². The second-order valence-electron chi connectivity index (χ2n) is 6.60. The number of aromatic nitrogens is 2. The number of anilines is 1. The molecule has 1 aromatic heterocycles. The number of nitrogens with two attached hydrogens (primary N) is 1. The number of nitrogens with zero attached hydrogens (tertiary/aromatic N) is 2. The summed E-state index contributed by atoms with van der Waals surface area (Å²) in [6.07, 6.45) is 6.57. The average Bonchev–Trinajstić information content (AvgIpc) is 2.61. The van der Waals surface area contributed by atoms with E-state index in [0.717, 1.165) is 12.2 Å². The number of hydrogen-bond donors (Lipinski definition) is 3. The number of rotatable bonds is 6. The Morgan fingerprint density at radius 3 is 2.48 bits per heavy atom. The summed E-state index contributed by atoms with van der Waals surface area (Å²) in [6.45, 7) is 2.84. The molecule has 7 nitrogen and oxygen atoms in total. The van der Waals surface area contributed by atoms with E-state index in [4.69, 9.17) is 15.9 Å². The van der Waals surface area contributed by atoms with E-state index < -0.39 is 0 Å². The molecule has 2 aromatic rings. The van der Waals surface area contributed by atoms with Gasteiger partial charge < -0.3 is 21.3 Å². The van der Waals surface area contributed by atoms with E-state index in [-0.39, 0.29) is 23.7 Å². The van der Waals surface area contributed by atoms with Crippen LogP contribution in [0.2, 0.25) is 0 Å². The van der Waals surface area contributed by atoms with Crippen LogP contribution in [0.1, 0.15) is 43.4 Å². The number of nitrogens with one attached hydrogen (secondary N) is 2. The standard InChI is InChI=1S/C19H25N5O.ClH.H2O/c1-13-11-17(25-16-9-7-15(8-10-16)18(20)21)24-19(23-13)22-12-14-5-3-2-4-6-14;;/h7-11,14H,2-6,12H2,1H3,(H3,20,21)(H,22,23,24);1H;1H2. The molecule has 0 amide bonds. The Hall–Kier alpha value is -2.38. The molecular weight excluding hydrogens is 366 g/mol. The van der Waals surface area contributed by atoms with Crippen molar-refractivity contribution in [3.05, 3.63) is 41.6 Å². The van der Waals surface area contributed by atoms with Gasteiger partial charge in [-0.3, -0.25) is 5.41 Å². The summed E-state index contributed by atoms with van der Waals surface area (Å²) < 4.78 is 5.82. The molecule has 0 unspecified atom stereocenters. The highest BCUT2D eigenvalue weighted by molar-refractivity contribution is 5.94. The van der Waals surface area contributed by atoms with Gasteiger partial charge in [0.05, 0.1) is 0 Å². The summed E-state index contributed by atoms with van der Waals surface area (Å²) in [6, 6.07) is 8.89. The molecule has 27 heavy (non-hydrogen) atoms. The molecule has 1 fully saturated rings. The number of halogens is 1. The van der Waals surface area contributed by atoms with Crippen LogP contribution < -0.4 is 15.8 Å². The Morgan fingerprint density at radius 2 is 1.85 bits per heavy atom. The van der Waals surface area contributed by atoms with E-state index >= 15 is 0 Å².